The number of hydrogen-bond acceptors (Lipinski definition) is 3. The lowest BCUT2D eigenvalue weighted by molar-refractivity contribution is 0.250. The van der Waals surface area contributed by atoms with Crippen molar-refractivity contribution < 1.29 is 0 Å². The van der Waals surface area contributed by atoms with E-state index in [0.29, 0.717) is 10.0 Å². The van der Waals surface area contributed by atoms with Crippen LogP contribution in [0.1, 0.15) is 5.56 Å². The van der Waals surface area contributed by atoms with Crippen LogP contribution in [0.3, 0.4) is 0 Å². The van der Waals surface area contributed by atoms with Crippen LogP contribution < -0.4 is 4.90 Å². The Morgan fingerprint density at radius 1 is 0.833 bits per heavy atom. The molecule has 0 unspecified atom stereocenters. The number of benzene rings is 3. The number of anilines is 1. The molecular weight excluding hydrogens is 415 g/mol. The minimum Gasteiger partial charge on any atom is -0.369 e. The van der Waals surface area contributed by atoms with E-state index >= 15 is 0 Å². The first-order chi connectivity index (χ1) is 14.7. The van der Waals surface area contributed by atoms with E-state index in [4.69, 9.17) is 28.2 Å². The smallest absolute Gasteiger partial charge is 0.138 e. The summed E-state index contributed by atoms with van der Waals surface area (Å²) < 4.78 is 0. The van der Waals surface area contributed by atoms with E-state index < -0.39 is 0 Å². The Balaban J connectivity index is 1.29. The predicted octanol–water partition coefficient (Wildman–Crippen LogP) is 5.86. The highest BCUT2D eigenvalue weighted by Crippen LogP contribution is 2.29. The number of imidazole rings is 1. The molecule has 152 valence electrons. The summed E-state index contributed by atoms with van der Waals surface area (Å²) in [4.78, 5) is 13.0. The van der Waals surface area contributed by atoms with Crippen molar-refractivity contribution in [2.24, 2.45) is 0 Å². The molecular formula is C24H22Cl2N4. The van der Waals surface area contributed by atoms with Crippen LogP contribution >= 0.6 is 23.2 Å². The van der Waals surface area contributed by atoms with Gasteiger partial charge in [0.25, 0.3) is 0 Å². The van der Waals surface area contributed by atoms with Crippen molar-refractivity contribution in [3.63, 3.8) is 0 Å². The van der Waals surface area contributed by atoms with Crippen molar-refractivity contribution in [3.8, 4) is 11.4 Å². The lowest BCUT2D eigenvalue weighted by Gasteiger charge is -2.36. The van der Waals surface area contributed by atoms with Crippen molar-refractivity contribution >= 4 is 39.9 Å². The third-order valence-corrected chi connectivity index (χ3v) is 6.35. The number of para-hydroxylation sites is 1. The molecule has 0 radical (unpaired) electrons. The Morgan fingerprint density at radius 2 is 1.60 bits per heavy atom. The largest absolute Gasteiger partial charge is 0.369 e. The fraction of sp³-hybridized carbons (Fsp3) is 0.208. The monoisotopic (exact) mass is 436 g/mol. The molecule has 0 aliphatic carbocycles. The van der Waals surface area contributed by atoms with Gasteiger partial charge in [0.15, 0.2) is 0 Å². The summed E-state index contributed by atoms with van der Waals surface area (Å²) in [5.41, 5.74) is 5.38. The number of fused-ring (bicyclic) bond motifs is 1. The summed E-state index contributed by atoms with van der Waals surface area (Å²) in [7, 11) is 0. The van der Waals surface area contributed by atoms with E-state index in [1.165, 1.54) is 11.3 Å². The molecule has 0 saturated carbocycles. The van der Waals surface area contributed by atoms with Crippen LogP contribution in [0.15, 0.2) is 66.7 Å². The van der Waals surface area contributed by atoms with Gasteiger partial charge in [-0.25, -0.2) is 4.98 Å². The number of halogens is 2. The maximum atomic E-state index is 6.14. The van der Waals surface area contributed by atoms with Gasteiger partial charge in [0.2, 0.25) is 0 Å². The van der Waals surface area contributed by atoms with Gasteiger partial charge in [-0.15, -0.1) is 0 Å². The molecule has 2 heterocycles. The van der Waals surface area contributed by atoms with Gasteiger partial charge >= 0.3 is 0 Å². The molecule has 6 heteroatoms. The number of H-pyrrole nitrogens is 1. The van der Waals surface area contributed by atoms with Gasteiger partial charge < -0.3 is 9.88 Å². The van der Waals surface area contributed by atoms with Gasteiger partial charge in [-0.2, -0.15) is 0 Å². The molecule has 5 rings (SSSR count). The van der Waals surface area contributed by atoms with E-state index in [9.17, 15) is 0 Å². The first kappa shape index (κ1) is 19.4. The molecule has 0 amide bonds. The number of nitrogens with one attached hydrogen (secondary N) is 1. The quantitative estimate of drug-likeness (QED) is 0.435. The molecule has 1 N–H and O–H groups in total. The molecule has 3 aromatic carbocycles. The lowest BCUT2D eigenvalue weighted by Crippen LogP contribution is -2.45. The van der Waals surface area contributed by atoms with Crippen molar-refractivity contribution in [1.82, 2.24) is 14.9 Å². The summed E-state index contributed by atoms with van der Waals surface area (Å²) >= 11 is 12.3. The van der Waals surface area contributed by atoms with Crippen molar-refractivity contribution in [2.75, 3.05) is 31.1 Å². The van der Waals surface area contributed by atoms with Crippen LogP contribution in [0.2, 0.25) is 10.0 Å². The zero-order valence-electron chi connectivity index (χ0n) is 16.5. The van der Waals surface area contributed by atoms with Crippen molar-refractivity contribution in [3.05, 3.63) is 82.3 Å². The Labute approximate surface area is 186 Å². The number of aromatic amines is 1. The summed E-state index contributed by atoms with van der Waals surface area (Å²) in [5, 5.41) is 1.05. The van der Waals surface area contributed by atoms with E-state index in [0.717, 1.165) is 55.1 Å². The minimum absolute atomic E-state index is 0.519. The van der Waals surface area contributed by atoms with Gasteiger partial charge in [-0.05, 0) is 35.9 Å². The summed E-state index contributed by atoms with van der Waals surface area (Å²) in [6.45, 7) is 5.15. The zero-order valence-corrected chi connectivity index (χ0v) is 18.0. The SMILES string of the molecule is Clc1cc2nc(-c3cccc(CN4CCN(c5ccccc5)CC4)c3)[nH]c2cc1Cl. The molecule has 1 aliphatic rings. The van der Waals surface area contributed by atoms with Gasteiger partial charge in [-0.3, -0.25) is 4.90 Å². The zero-order chi connectivity index (χ0) is 20.5. The van der Waals surface area contributed by atoms with E-state index in [-0.39, 0.29) is 0 Å². The number of aromatic nitrogens is 2. The Kier molecular flexibility index (Phi) is 5.38. The molecule has 1 aromatic heterocycles. The van der Waals surface area contributed by atoms with Crippen LogP contribution in [0.4, 0.5) is 5.69 Å². The number of hydrogen-bond donors (Lipinski definition) is 1. The van der Waals surface area contributed by atoms with Crippen LogP contribution in [0.5, 0.6) is 0 Å². The maximum Gasteiger partial charge on any atom is 0.138 e. The summed E-state index contributed by atoms with van der Waals surface area (Å²) in [6.07, 6.45) is 0. The summed E-state index contributed by atoms with van der Waals surface area (Å²) in [6, 6.07) is 22.8. The number of rotatable bonds is 4. The van der Waals surface area contributed by atoms with Crippen LogP contribution in [0, 0.1) is 0 Å². The average Bonchev–Trinajstić information content (AvgIpc) is 3.18. The minimum atomic E-state index is 0.519. The second kappa shape index (κ2) is 8.31. The lowest BCUT2D eigenvalue weighted by atomic mass is 10.1. The van der Waals surface area contributed by atoms with Crippen LogP contribution in [-0.2, 0) is 6.54 Å². The third-order valence-electron chi connectivity index (χ3n) is 5.62. The fourth-order valence-corrected chi connectivity index (χ4v) is 4.34. The molecule has 0 spiro atoms. The number of nitrogens with zero attached hydrogens (tertiary/aromatic N) is 3. The first-order valence-electron chi connectivity index (χ1n) is 10.1. The highest BCUT2D eigenvalue weighted by atomic mass is 35.5. The molecule has 4 nitrogen and oxygen atoms in total. The maximum absolute atomic E-state index is 6.14. The van der Waals surface area contributed by atoms with Gasteiger partial charge in [0.1, 0.15) is 5.82 Å². The highest BCUT2D eigenvalue weighted by molar-refractivity contribution is 6.42. The Bertz CT molecular complexity index is 1130. The van der Waals surface area contributed by atoms with Crippen LogP contribution in [0.25, 0.3) is 22.4 Å². The van der Waals surface area contributed by atoms with E-state index in [2.05, 4.69) is 69.4 Å². The average molecular weight is 437 g/mol. The Morgan fingerprint density at radius 3 is 2.40 bits per heavy atom. The predicted molar refractivity (Wildman–Crippen MR) is 125 cm³/mol. The molecule has 0 atom stereocenters. The van der Waals surface area contributed by atoms with Crippen molar-refractivity contribution in [1.29, 1.82) is 0 Å². The second-order valence-electron chi connectivity index (χ2n) is 7.67. The number of piperazine rings is 1. The molecule has 0 bridgehead atoms. The standard InChI is InChI=1S/C24H22Cl2N4/c25-20-14-22-23(15-21(20)26)28-24(27-22)18-6-4-5-17(13-18)16-29-9-11-30(12-10-29)19-7-2-1-3-8-19/h1-8,13-15H,9-12,16H2,(H,27,28). The van der Waals surface area contributed by atoms with Gasteiger partial charge in [0.05, 0.1) is 21.1 Å². The molecule has 30 heavy (non-hydrogen) atoms. The summed E-state index contributed by atoms with van der Waals surface area (Å²) in [5.74, 6) is 0.832. The van der Waals surface area contributed by atoms with E-state index in [1.807, 2.05) is 6.07 Å². The topological polar surface area (TPSA) is 35.2 Å². The van der Waals surface area contributed by atoms with Gasteiger partial charge in [-0.1, -0.05) is 59.6 Å². The molecule has 1 saturated heterocycles. The molecule has 1 aliphatic heterocycles. The highest BCUT2D eigenvalue weighted by Gasteiger charge is 2.17. The normalized spacial score (nSPS) is 15.1. The van der Waals surface area contributed by atoms with E-state index in [1.54, 1.807) is 6.07 Å². The molecule has 4 aromatic rings. The van der Waals surface area contributed by atoms with Gasteiger partial charge in [0, 0.05) is 44.0 Å². The third kappa shape index (κ3) is 4.04. The second-order valence-corrected chi connectivity index (χ2v) is 8.48. The van der Waals surface area contributed by atoms with Crippen LogP contribution in [-0.4, -0.2) is 41.0 Å². The first-order valence-corrected chi connectivity index (χ1v) is 10.9. The van der Waals surface area contributed by atoms with Crippen molar-refractivity contribution in [2.45, 2.75) is 6.54 Å². The fourth-order valence-electron chi connectivity index (χ4n) is 4.02. The molecule has 1 fully saturated rings. The Hall–Kier alpha value is -2.53.